The zero-order valence-corrected chi connectivity index (χ0v) is 13.1. The lowest BCUT2D eigenvalue weighted by Gasteiger charge is -2.04. The number of ether oxygens (including phenoxy) is 2. The number of anilines is 1. The van der Waals surface area contributed by atoms with Crippen LogP contribution in [0.4, 0.5) is 10.5 Å². The van der Waals surface area contributed by atoms with E-state index in [-0.39, 0.29) is 6.79 Å². The minimum Gasteiger partial charge on any atom is -0.454 e. The summed E-state index contributed by atoms with van der Waals surface area (Å²) in [4.78, 5) is 16.3. The number of carbonyl (C=O) groups excluding carboxylic acids is 1. The van der Waals surface area contributed by atoms with Gasteiger partial charge in [0.05, 0.1) is 16.3 Å². The Morgan fingerprint density at radius 2 is 1.96 bits per heavy atom. The molecule has 0 bridgehead atoms. The van der Waals surface area contributed by atoms with E-state index in [1.165, 1.54) is 12.3 Å². The molecule has 0 radical (unpaired) electrons. The predicted molar refractivity (Wildman–Crippen MR) is 86.7 cm³/mol. The van der Waals surface area contributed by atoms with Crippen LogP contribution in [-0.2, 0) is 4.84 Å². The Bertz CT molecular complexity index is 780. The number of benzene rings is 2. The number of halogens is 2. The molecule has 0 saturated carbocycles. The van der Waals surface area contributed by atoms with Crippen LogP contribution >= 0.6 is 23.2 Å². The zero-order valence-electron chi connectivity index (χ0n) is 11.6. The van der Waals surface area contributed by atoms with E-state index in [0.717, 1.165) is 0 Å². The van der Waals surface area contributed by atoms with Gasteiger partial charge < -0.3 is 9.47 Å². The van der Waals surface area contributed by atoms with Crippen LogP contribution in [0.25, 0.3) is 0 Å². The maximum absolute atomic E-state index is 11.6. The molecule has 1 amide bonds. The molecule has 23 heavy (non-hydrogen) atoms. The van der Waals surface area contributed by atoms with Crippen LogP contribution in [0, 0.1) is 0 Å². The molecule has 118 valence electrons. The fourth-order valence-corrected chi connectivity index (χ4v) is 2.14. The number of hydrogen-bond acceptors (Lipinski definition) is 5. The normalized spacial score (nSPS) is 12.4. The minimum absolute atomic E-state index is 0.193. The molecule has 1 heterocycles. The van der Waals surface area contributed by atoms with Crippen molar-refractivity contribution in [3.05, 3.63) is 52.0 Å². The highest BCUT2D eigenvalue weighted by molar-refractivity contribution is 6.42. The van der Waals surface area contributed by atoms with E-state index in [0.29, 0.717) is 32.8 Å². The van der Waals surface area contributed by atoms with Crippen LogP contribution in [-0.4, -0.2) is 19.1 Å². The van der Waals surface area contributed by atoms with E-state index in [9.17, 15) is 4.79 Å². The van der Waals surface area contributed by atoms with Crippen LogP contribution in [0.1, 0.15) is 5.56 Å². The minimum atomic E-state index is -0.750. The summed E-state index contributed by atoms with van der Waals surface area (Å²) in [6, 6.07) is 9.90. The van der Waals surface area contributed by atoms with Gasteiger partial charge in [-0.05, 0) is 36.4 Å². The van der Waals surface area contributed by atoms with Crippen molar-refractivity contribution in [3.63, 3.8) is 0 Å². The third-order valence-electron chi connectivity index (χ3n) is 2.90. The van der Waals surface area contributed by atoms with Crippen molar-refractivity contribution < 1.29 is 19.1 Å². The van der Waals surface area contributed by atoms with Crippen molar-refractivity contribution in [2.75, 3.05) is 12.1 Å². The highest BCUT2D eigenvalue weighted by Gasteiger charge is 2.12. The van der Waals surface area contributed by atoms with Crippen LogP contribution in [0.5, 0.6) is 11.5 Å². The van der Waals surface area contributed by atoms with Gasteiger partial charge in [0.25, 0.3) is 0 Å². The number of carbonyl (C=O) groups is 1. The van der Waals surface area contributed by atoms with Gasteiger partial charge >= 0.3 is 6.09 Å². The second-order valence-electron chi connectivity index (χ2n) is 4.48. The number of nitrogens with one attached hydrogen (secondary N) is 1. The summed E-state index contributed by atoms with van der Waals surface area (Å²) in [5.41, 5.74) is 1.15. The summed E-state index contributed by atoms with van der Waals surface area (Å²) >= 11 is 11.6. The molecule has 0 spiro atoms. The average molecular weight is 353 g/mol. The van der Waals surface area contributed by atoms with Gasteiger partial charge in [-0.2, -0.15) is 0 Å². The maximum atomic E-state index is 11.6. The Kier molecular flexibility index (Phi) is 4.55. The van der Waals surface area contributed by atoms with Crippen molar-refractivity contribution in [2.45, 2.75) is 0 Å². The van der Waals surface area contributed by atoms with Crippen LogP contribution < -0.4 is 14.8 Å². The number of rotatable bonds is 3. The van der Waals surface area contributed by atoms with Crippen molar-refractivity contribution >= 4 is 41.2 Å². The van der Waals surface area contributed by atoms with Crippen molar-refractivity contribution in [1.82, 2.24) is 0 Å². The predicted octanol–water partition coefficient (Wildman–Crippen LogP) is 4.30. The van der Waals surface area contributed by atoms with Gasteiger partial charge in [-0.15, -0.1) is 0 Å². The Morgan fingerprint density at radius 3 is 2.78 bits per heavy atom. The highest BCUT2D eigenvalue weighted by atomic mass is 35.5. The quantitative estimate of drug-likeness (QED) is 0.507. The van der Waals surface area contributed by atoms with Crippen molar-refractivity contribution in [3.8, 4) is 11.5 Å². The summed E-state index contributed by atoms with van der Waals surface area (Å²) in [7, 11) is 0. The smallest absolute Gasteiger partial charge is 0.437 e. The van der Waals surface area contributed by atoms with Gasteiger partial charge in [0.15, 0.2) is 11.5 Å². The SMILES string of the molecule is O=C(Nc1ccc(Cl)c(Cl)c1)O/N=C\c1ccc2c(c1)OCO2. The molecule has 1 N–H and O–H groups in total. The first-order chi connectivity index (χ1) is 11.1. The van der Waals surface area contributed by atoms with Gasteiger partial charge in [0.2, 0.25) is 6.79 Å². The van der Waals surface area contributed by atoms with Gasteiger partial charge in [-0.3, -0.25) is 10.2 Å². The number of nitrogens with zero attached hydrogens (tertiary/aromatic N) is 1. The third-order valence-corrected chi connectivity index (χ3v) is 3.64. The van der Waals surface area contributed by atoms with E-state index < -0.39 is 6.09 Å². The van der Waals surface area contributed by atoms with E-state index in [2.05, 4.69) is 10.5 Å². The lowest BCUT2D eigenvalue weighted by molar-refractivity contribution is 0.167. The second-order valence-corrected chi connectivity index (χ2v) is 5.29. The van der Waals surface area contributed by atoms with Gasteiger partial charge in [0.1, 0.15) is 0 Å². The Morgan fingerprint density at radius 1 is 1.13 bits per heavy atom. The monoisotopic (exact) mass is 352 g/mol. The molecule has 8 heteroatoms. The molecule has 0 fully saturated rings. The molecule has 3 rings (SSSR count). The number of fused-ring (bicyclic) bond motifs is 1. The van der Waals surface area contributed by atoms with Crippen molar-refractivity contribution in [2.24, 2.45) is 5.16 Å². The summed E-state index contributed by atoms with van der Waals surface area (Å²) in [5, 5.41) is 6.81. The average Bonchev–Trinajstić information content (AvgIpc) is 2.98. The lowest BCUT2D eigenvalue weighted by atomic mass is 10.2. The molecule has 0 aliphatic carbocycles. The third kappa shape index (κ3) is 3.85. The lowest BCUT2D eigenvalue weighted by Crippen LogP contribution is -2.10. The first-order valence-electron chi connectivity index (χ1n) is 6.48. The first-order valence-corrected chi connectivity index (χ1v) is 7.23. The summed E-state index contributed by atoms with van der Waals surface area (Å²) in [6.45, 7) is 0.193. The van der Waals surface area contributed by atoms with Gasteiger partial charge in [0, 0.05) is 11.3 Å². The molecule has 6 nitrogen and oxygen atoms in total. The molecule has 0 atom stereocenters. The molecule has 0 aromatic heterocycles. The summed E-state index contributed by atoms with van der Waals surface area (Å²) in [6.07, 6.45) is 0.636. The molecule has 1 aliphatic rings. The maximum Gasteiger partial charge on any atom is 0.437 e. The first kappa shape index (κ1) is 15.5. The van der Waals surface area contributed by atoms with Gasteiger partial charge in [-0.1, -0.05) is 28.4 Å². The molecular weight excluding hydrogens is 343 g/mol. The Balaban J connectivity index is 1.57. The largest absolute Gasteiger partial charge is 0.454 e. The molecular formula is C15H10Cl2N2O4. The number of oxime groups is 1. The van der Waals surface area contributed by atoms with Crippen LogP contribution in [0.2, 0.25) is 10.0 Å². The van der Waals surface area contributed by atoms with Crippen LogP contribution in [0.3, 0.4) is 0 Å². The Hall–Kier alpha value is -2.44. The fourth-order valence-electron chi connectivity index (χ4n) is 1.84. The molecule has 2 aromatic rings. The molecule has 0 saturated heterocycles. The van der Waals surface area contributed by atoms with Crippen LogP contribution in [0.15, 0.2) is 41.6 Å². The number of hydrogen-bond donors (Lipinski definition) is 1. The van der Waals surface area contributed by atoms with E-state index >= 15 is 0 Å². The van der Waals surface area contributed by atoms with Gasteiger partial charge in [-0.25, -0.2) is 4.79 Å². The highest BCUT2D eigenvalue weighted by Crippen LogP contribution is 2.32. The molecule has 2 aromatic carbocycles. The summed E-state index contributed by atoms with van der Waals surface area (Å²) in [5.74, 6) is 1.29. The van der Waals surface area contributed by atoms with E-state index in [4.69, 9.17) is 37.5 Å². The zero-order chi connectivity index (χ0) is 16.2. The molecule has 1 aliphatic heterocycles. The standard InChI is InChI=1S/C15H10Cl2N2O4/c16-11-3-2-10(6-12(11)17)19-15(20)23-18-7-9-1-4-13-14(5-9)22-8-21-13/h1-7H,8H2,(H,19,20)/b18-7-. The van der Waals surface area contributed by atoms with Crippen molar-refractivity contribution in [1.29, 1.82) is 0 Å². The second kappa shape index (κ2) is 6.76. The molecule has 0 unspecified atom stereocenters. The summed E-state index contributed by atoms with van der Waals surface area (Å²) < 4.78 is 10.4. The topological polar surface area (TPSA) is 69.2 Å². The fraction of sp³-hybridized carbons (Fsp3) is 0.0667. The Labute approximate surface area is 141 Å². The van der Waals surface area contributed by atoms with E-state index in [1.807, 2.05) is 0 Å². The van der Waals surface area contributed by atoms with E-state index in [1.54, 1.807) is 30.3 Å². The number of amides is 1.